The first-order valence-corrected chi connectivity index (χ1v) is 6.75. The van der Waals surface area contributed by atoms with Crippen molar-refractivity contribution in [2.24, 2.45) is 0 Å². The quantitative estimate of drug-likeness (QED) is 0.541. The van der Waals surface area contributed by atoms with Gasteiger partial charge in [-0.25, -0.2) is 0 Å². The lowest BCUT2D eigenvalue weighted by atomic mass is 10.3. The number of nitrogens with zero attached hydrogens (tertiary/aromatic N) is 4. The number of H-pyrrole nitrogens is 1. The number of rotatable bonds is 5. The van der Waals surface area contributed by atoms with Crippen molar-refractivity contribution >= 4 is 34.9 Å². The van der Waals surface area contributed by atoms with Crippen molar-refractivity contribution in [2.45, 2.75) is 13.5 Å². The van der Waals surface area contributed by atoms with Crippen molar-refractivity contribution in [3.8, 4) is 0 Å². The van der Waals surface area contributed by atoms with Gasteiger partial charge >= 0.3 is 5.82 Å². The number of carbonyl (C=O) groups is 2. The average Bonchev–Trinajstić information content (AvgIpc) is 3.09. The number of anilines is 1. The van der Waals surface area contributed by atoms with Crippen LogP contribution >= 0.6 is 11.6 Å². The fraction of sp³-hybridized carbons (Fsp3) is 0.273. The Bertz CT molecular complexity index is 781. The van der Waals surface area contributed by atoms with E-state index in [0.717, 1.165) is 0 Å². The summed E-state index contributed by atoms with van der Waals surface area (Å²) in [5, 5.41) is 24.7. The second kappa shape index (κ2) is 6.44. The van der Waals surface area contributed by atoms with E-state index in [1.807, 2.05) is 0 Å². The van der Waals surface area contributed by atoms with Gasteiger partial charge in [-0.05, 0) is 11.8 Å². The van der Waals surface area contributed by atoms with Crippen LogP contribution < -0.4 is 10.6 Å². The van der Waals surface area contributed by atoms with Gasteiger partial charge in [-0.15, -0.1) is 5.10 Å². The maximum atomic E-state index is 12.2. The fourth-order valence-electron chi connectivity index (χ4n) is 1.73. The van der Waals surface area contributed by atoms with Gasteiger partial charge in [0.05, 0.1) is 5.69 Å². The molecule has 0 saturated heterocycles. The maximum absolute atomic E-state index is 12.2. The van der Waals surface area contributed by atoms with Gasteiger partial charge in [0.1, 0.15) is 0 Å². The van der Waals surface area contributed by atoms with Crippen molar-refractivity contribution in [1.82, 2.24) is 25.3 Å². The molecule has 0 spiro atoms. The molecule has 122 valence electrons. The van der Waals surface area contributed by atoms with Gasteiger partial charge in [0.15, 0.2) is 16.4 Å². The number of aryl methyl sites for hydroxylation is 1. The molecule has 2 rings (SSSR count). The molecule has 2 heterocycles. The first-order chi connectivity index (χ1) is 10.9. The number of carbonyl (C=O) groups excluding carboxylic acids is 2. The van der Waals surface area contributed by atoms with Crippen molar-refractivity contribution in [1.29, 1.82) is 0 Å². The predicted molar refractivity (Wildman–Crippen MR) is 79.5 cm³/mol. The molecule has 0 aliphatic rings. The molecule has 0 saturated carbocycles. The molecule has 2 aromatic heterocycles. The molecule has 0 aliphatic heterocycles. The summed E-state index contributed by atoms with van der Waals surface area (Å²) >= 11 is 5.75. The number of aromatic nitrogens is 4. The van der Waals surface area contributed by atoms with E-state index in [-0.39, 0.29) is 17.1 Å². The van der Waals surface area contributed by atoms with Crippen molar-refractivity contribution in [2.75, 3.05) is 12.4 Å². The third kappa shape index (κ3) is 3.13. The lowest BCUT2D eigenvalue weighted by Gasteiger charge is -2.02. The molecule has 12 heteroatoms. The average molecular weight is 342 g/mol. The Morgan fingerprint density at radius 3 is 2.65 bits per heavy atom. The van der Waals surface area contributed by atoms with E-state index in [4.69, 9.17) is 11.6 Å². The first-order valence-electron chi connectivity index (χ1n) is 6.38. The lowest BCUT2D eigenvalue weighted by molar-refractivity contribution is -0.389. The van der Waals surface area contributed by atoms with Crippen LogP contribution in [-0.4, -0.2) is 43.8 Å². The van der Waals surface area contributed by atoms with Gasteiger partial charge < -0.3 is 20.7 Å². The lowest BCUT2D eigenvalue weighted by Crippen LogP contribution is -2.21. The van der Waals surface area contributed by atoms with E-state index in [0.29, 0.717) is 6.54 Å². The van der Waals surface area contributed by atoms with Crippen LogP contribution in [0.3, 0.4) is 0 Å². The molecule has 0 radical (unpaired) electrons. The summed E-state index contributed by atoms with van der Waals surface area (Å²) in [7, 11) is 1.42. The molecule has 0 aromatic carbocycles. The Labute approximate surface area is 134 Å². The summed E-state index contributed by atoms with van der Waals surface area (Å²) in [6, 6.07) is 0. The van der Waals surface area contributed by atoms with Crippen LogP contribution in [0.1, 0.15) is 27.9 Å². The molecular weight excluding hydrogens is 330 g/mol. The number of amides is 2. The van der Waals surface area contributed by atoms with E-state index in [1.54, 1.807) is 6.92 Å². The second-order valence-electron chi connectivity index (χ2n) is 4.27. The van der Waals surface area contributed by atoms with E-state index in [1.165, 1.54) is 17.9 Å². The van der Waals surface area contributed by atoms with Gasteiger partial charge in [0, 0.05) is 19.8 Å². The Balaban J connectivity index is 2.32. The van der Waals surface area contributed by atoms with Crippen LogP contribution in [0, 0.1) is 10.1 Å². The number of hydrogen-bond donors (Lipinski definition) is 3. The number of nitrogens with one attached hydrogen (secondary N) is 3. The highest BCUT2D eigenvalue weighted by Crippen LogP contribution is 2.25. The Hall–Kier alpha value is -2.95. The van der Waals surface area contributed by atoms with Crippen LogP contribution in [0.4, 0.5) is 11.5 Å². The largest absolute Gasteiger partial charge is 0.362 e. The van der Waals surface area contributed by atoms with Crippen LogP contribution in [-0.2, 0) is 6.54 Å². The zero-order valence-electron chi connectivity index (χ0n) is 12.1. The van der Waals surface area contributed by atoms with Crippen LogP contribution in [0.15, 0.2) is 6.20 Å². The van der Waals surface area contributed by atoms with E-state index >= 15 is 0 Å². The van der Waals surface area contributed by atoms with Gasteiger partial charge in [-0.3, -0.25) is 14.3 Å². The van der Waals surface area contributed by atoms with E-state index < -0.39 is 27.6 Å². The van der Waals surface area contributed by atoms with Crippen molar-refractivity contribution in [3.05, 3.63) is 32.7 Å². The van der Waals surface area contributed by atoms with Gasteiger partial charge in [-0.1, -0.05) is 16.7 Å². The minimum atomic E-state index is -0.805. The zero-order chi connectivity index (χ0) is 17.1. The standard InChI is InChI=1S/C11H12ClN7O4/c1-3-18-4-5(7(17-18)10(20)13-2)14-11(21)8-6(12)9(16-15-8)19(22)23/h4H,3H2,1-2H3,(H,13,20)(H,14,21)(H,15,16). The van der Waals surface area contributed by atoms with E-state index in [9.17, 15) is 19.7 Å². The number of halogens is 1. The van der Waals surface area contributed by atoms with Crippen LogP contribution in [0.2, 0.25) is 5.02 Å². The molecule has 0 fully saturated rings. The maximum Gasteiger partial charge on any atom is 0.362 e. The summed E-state index contributed by atoms with van der Waals surface area (Å²) in [4.78, 5) is 33.8. The highest BCUT2D eigenvalue weighted by molar-refractivity contribution is 6.36. The molecule has 2 amide bonds. The molecule has 0 bridgehead atoms. The molecule has 0 atom stereocenters. The first kappa shape index (κ1) is 16.4. The third-order valence-corrected chi connectivity index (χ3v) is 3.22. The van der Waals surface area contributed by atoms with Gasteiger partial charge in [0.2, 0.25) is 0 Å². The summed E-state index contributed by atoms with van der Waals surface area (Å²) in [6.07, 6.45) is 1.46. The number of aromatic amines is 1. The zero-order valence-corrected chi connectivity index (χ0v) is 12.8. The molecule has 2 aromatic rings. The Kier molecular flexibility index (Phi) is 4.60. The molecule has 3 N–H and O–H groups in total. The van der Waals surface area contributed by atoms with Crippen molar-refractivity contribution in [3.63, 3.8) is 0 Å². The highest BCUT2D eigenvalue weighted by Gasteiger charge is 2.27. The summed E-state index contributed by atoms with van der Waals surface area (Å²) in [5.74, 6) is -1.89. The van der Waals surface area contributed by atoms with Crippen LogP contribution in [0.25, 0.3) is 0 Å². The highest BCUT2D eigenvalue weighted by atomic mass is 35.5. The van der Waals surface area contributed by atoms with Crippen molar-refractivity contribution < 1.29 is 14.5 Å². The molecule has 0 aliphatic carbocycles. The minimum Gasteiger partial charge on any atom is -0.358 e. The topological polar surface area (TPSA) is 148 Å². The summed E-state index contributed by atoms with van der Waals surface area (Å²) < 4.78 is 1.45. The monoisotopic (exact) mass is 341 g/mol. The SMILES string of the molecule is CCn1cc(NC(=O)c2n[nH]c([N+](=O)[O-])c2Cl)c(C(=O)NC)n1. The molecule has 23 heavy (non-hydrogen) atoms. The Morgan fingerprint density at radius 2 is 2.13 bits per heavy atom. The number of hydrogen-bond acceptors (Lipinski definition) is 6. The van der Waals surface area contributed by atoms with Gasteiger partial charge in [0.25, 0.3) is 11.8 Å². The predicted octanol–water partition coefficient (Wildman–Crippen LogP) is 0.800. The normalized spacial score (nSPS) is 10.4. The fourth-order valence-corrected chi connectivity index (χ4v) is 1.97. The molecule has 11 nitrogen and oxygen atoms in total. The smallest absolute Gasteiger partial charge is 0.358 e. The van der Waals surface area contributed by atoms with E-state index in [2.05, 4.69) is 25.9 Å². The van der Waals surface area contributed by atoms with Gasteiger partial charge in [-0.2, -0.15) is 5.10 Å². The third-order valence-electron chi connectivity index (χ3n) is 2.86. The summed E-state index contributed by atoms with van der Waals surface area (Å²) in [5.41, 5.74) is -0.216. The Morgan fingerprint density at radius 1 is 1.43 bits per heavy atom. The molecular formula is C11H12ClN7O4. The number of nitro groups is 1. The molecule has 0 unspecified atom stereocenters. The van der Waals surface area contributed by atoms with Crippen LogP contribution in [0.5, 0.6) is 0 Å². The second-order valence-corrected chi connectivity index (χ2v) is 4.65. The minimum absolute atomic E-state index is 0.00357. The summed E-state index contributed by atoms with van der Waals surface area (Å²) in [6.45, 7) is 2.29.